The number of carboxylic acids is 3. The molecular weight excluding hydrogens is 320 g/mol. The molecule has 0 fully saturated rings. The summed E-state index contributed by atoms with van der Waals surface area (Å²) in [5.74, 6) is -4.91. The van der Waals surface area contributed by atoms with Crippen LogP contribution in [0.15, 0.2) is 24.8 Å². The maximum absolute atomic E-state index is 11.4. The average molecular weight is 336 g/mol. The lowest BCUT2D eigenvalue weighted by atomic mass is 9.92. The molecule has 0 aromatic heterocycles. The molecule has 0 amide bonds. The molecule has 1 aromatic rings. The van der Waals surface area contributed by atoms with Crippen LogP contribution in [-0.2, 0) is 16.0 Å². The SMILES string of the molecule is C=CC(=O)OCCCCc1c(C(=O)O)ccc(C(=O)O)c1C(=O)O. The summed E-state index contributed by atoms with van der Waals surface area (Å²) in [7, 11) is 0. The molecule has 0 aliphatic heterocycles. The quantitative estimate of drug-likeness (QED) is 0.353. The Kier molecular flexibility index (Phi) is 6.66. The van der Waals surface area contributed by atoms with E-state index in [1.54, 1.807) is 0 Å². The third-order valence-corrected chi connectivity index (χ3v) is 3.22. The number of hydrogen-bond acceptors (Lipinski definition) is 5. The molecule has 0 bridgehead atoms. The minimum atomic E-state index is -1.51. The fraction of sp³-hybridized carbons (Fsp3) is 0.250. The van der Waals surface area contributed by atoms with Gasteiger partial charge in [0.2, 0.25) is 0 Å². The molecule has 0 aliphatic rings. The maximum atomic E-state index is 11.4. The minimum Gasteiger partial charge on any atom is -0.478 e. The Balaban J connectivity index is 3.05. The van der Waals surface area contributed by atoms with Crippen molar-refractivity contribution in [1.29, 1.82) is 0 Å². The highest BCUT2D eigenvalue weighted by Gasteiger charge is 2.24. The Morgan fingerprint density at radius 1 is 0.958 bits per heavy atom. The van der Waals surface area contributed by atoms with E-state index in [0.29, 0.717) is 12.8 Å². The van der Waals surface area contributed by atoms with Crippen LogP contribution in [0.1, 0.15) is 49.5 Å². The summed E-state index contributed by atoms with van der Waals surface area (Å²) in [6, 6.07) is 2.04. The molecule has 0 atom stereocenters. The van der Waals surface area contributed by atoms with Gasteiger partial charge in [-0.3, -0.25) is 0 Å². The summed E-state index contributed by atoms with van der Waals surface area (Å²) in [6.45, 7) is 3.30. The van der Waals surface area contributed by atoms with Gasteiger partial charge in [0.05, 0.1) is 23.3 Å². The van der Waals surface area contributed by atoms with Gasteiger partial charge in [-0.05, 0) is 37.0 Å². The lowest BCUT2D eigenvalue weighted by molar-refractivity contribution is -0.137. The Labute approximate surface area is 137 Å². The van der Waals surface area contributed by atoms with Crippen molar-refractivity contribution in [3.63, 3.8) is 0 Å². The molecule has 0 saturated heterocycles. The van der Waals surface area contributed by atoms with Gasteiger partial charge in [-0.25, -0.2) is 19.2 Å². The fourth-order valence-corrected chi connectivity index (χ4v) is 2.17. The second-order valence-corrected chi connectivity index (χ2v) is 4.76. The van der Waals surface area contributed by atoms with Crippen LogP contribution in [0.25, 0.3) is 0 Å². The third kappa shape index (κ3) is 4.67. The number of benzene rings is 1. The highest BCUT2D eigenvalue weighted by Crippen LogP contribution is 2.22. The van der Waals surface area contributed by atoms with Gasteiger partial charge in [0.1, 0.15) is 0 Å². The van der Waals surface area contributed by atoms with Gasteiger partial charge in [0.25, 0.3) is 0 Å². The van der Waals surface area contributed by atoms with E-state index in [4.69, 9.17) is 9.84 Å². The van der Waals surface area contributed by atoms with Crippen molar-refractivity contribution in [3.05, 3.63) is 47.0 Å². The maximum Gasteiger partial charge on any atom is 0.336 e. The number of carbonyl (C=O) groups excluding carboxylic acids is 1. The molecule has 8 nitrogen and oxygen atoms in total. The van der Waals surface area contributed by atoms with Crippen LogP contribution in [-0.4, -0.2) is 45.8 Å². The summed E-state index contributed by atoms with van der Waals surface area (Å²) in [5.41, 5.74) is -1.34. The van der Waals surface area contributed by atoms with E-state index in [0.717, 1.165) is 18.2 Å². The molecule has 0 saturated carbocycles. The first-order chi connectivity index (χ1) is 11.3. The minimum absolute atomic E-state index is 0.0238. The van der Waals surface area contributed by atoms with Crippen molar-refractivity contribution in [2.75, 3.05) is 6.61 Å². The summed E-state index contributed by atoms with van der Waals surface area (Å²) in [6.07, 6.45) is 1.69. The first kappa shape index (κ1) is 18.9. The molecular formula is C16H16O8. The van der Waals surface area contributed by atoms with Crippen molar-refractivity contribution in [3.8, 4) is 0 Å². The molecule has 0 unspecified atom stereocenters. The van der Waals surface area contributed by atoms with Crippen LogP contribution in [0.5, 0.6) is 0 Å². The van der Waals surface area contributed by atoms with E-state index >= 15 is 0 Å². The zero-order valence-corrected chi connectivity index (χ0v) is 12.7. The van der Waals surface area contributed by atoms with E-state index in [2.05, 4.69) is 6.58 Å². The van der Waals surface area contributed by atoms with Crippen LogP contribution < -0.4 is 0 Å². The van der Waals surface area contributed by atoms with E-state index in [9.17, 15) is 29.4 Å². The molecule has 1 aromatic carbocycles. The van der Waals surface area contributed by atoms with Crippen LogP contribution in [0.3, 0.4) is 0 Å². The lowest BCUT2D eigenvalue weighted by Gasteiger charge is -2.12. The van der Waals surface area contributed by atoms with Crippen molar-refractivity contribution in [2.24, 2.45) is 0 Å². The highest BCUT2D eigenvalue weighted by molar-refractivity contribution is 6.05. The standard InChI is InChI=1S/C16H16O8/c1-2-12(17)24-8-4-3-5-9-10(14(18)19)6-7-11(15(20)21)13(9)16(22)23/h2,6-7H,1,3-5,8H2,(H,18,19)(H,20,21)(H,22,23). The van der Waals surface area contributed by atoms with Gasteiger partial charge in [0, 0.05) is 6.08 Å². The third-order valence-electron chi connectivity index (χ3n) is 3.22. The van der Waals surface area contributed by atoms with Gasteiger partial charge in [-0.15, -0.1) is 0 Å². The summed E-state index contributed by atoms with van der Waals surface area (Å²) < 4.78 is 4.76. The van der Waals surface area contributed by atoms with Crippen LogP contribution in [0, 0.1) is 0 Å². The van der Waals surface area contributed by atoms with Crippen molar-refractivity contribution in [2.45, 2.75) is 19.3 Å². The lowest BCUT2D eigenvalue weighted by Crippen LogP contribution is -2.16. The van der Waals surface area contributed by atoms with Gasteiger partial charge < -0.3 is 20.1 Å². The van der Waals surface area contributed by atoms with Gasteiger partial charge in [-0.2, -0.15) is 0 Å². The molecule has 24 heavy (non-hydrogen) atoms. The van der Waals surface area contributed by atoms with Crippen LogP contribution >= 0.6 is 0 Å². The first-order valence-electron chi connectivity index (χ1n) is 6.94. The zero-order valence-electron chi connectivity index (χ0n) is 12.7. The molecule has 0 heterocycles. The highest BCUT2D eigenvalue weighted by atomic mass is 16.5. The molecule has 1 rings (SSSR count). The first-order valence-corrected chi connectivity index (χ1v) is 6.94. The predicted octanol–water partition coefficient (Wildman–Crippen LogP) is 1.83. The second kappa shape index (κ2) is 8.47. The van der Waals surface area contributed by atoms with Gasteiger partial charge in [-0.1, -0.05) is 6.58 Å². The van der Waals surface area contributed by atoms with Crippen molar-refractivity contribution in [1.82, 2.24) is 0 Å². The second-order valence-electron chi connectivity index (χ2n) is 4.76. The number of ether oxygens (including phenoxy) is 1. The number of hydrogen-bond donors (Lipinski definition) is 3. The van der Waals surface area contributed by atoms with E-state index in [1.165, 1.54) is 0 Å². The zero-order chi connectivity index (χ0) is 18.3. The largest absolute Gasteiger partial charge is 0.478 e. The van der Waals surface area contributed by atoms with Gasteiger partial charge in [0.15, 0.2) is 0 Å². The Bertz CT molecular complexity index is 690. The number of esters is 1. The topological polar surface area (TPSA) is 138 Å². The van der Waals surface area contributed by atoms with Crippen molar-refractivity contribution >= 4 is 23.9 Å². The Morgan fingerprint density at radius 2 is 1.54 bits per heavy atom. The Hall–Kier alpha value is -3.16. The number of aromatic carboxylic acids is 3. The number of carbonyl (C=O) groups is 4. The molecule has 8 heteroatoms. The smallest absolute Gasteiger partial charge is 0.336 e. The summed E-state index contributed by atoms with van der Waals surface area (Å²) in [4.78, 5) is 44.7. The molecule has 3 N–H and O–H groups in total. The fourth-order valence-electron chi connectivity index (χ4n) is 2.17. The molecule has 0 radical (unpaired) electrons. The normalized spacial score (nSPS) is 10.0. The number of carboxylic acid groups (broad SMARTS) is 3. The summed E-state index contributed by atoms with van der Waals surface area (Å²) >= 11 is 0. The van der Waals surface area contributed by atoms with Gasteiger partial charge >= 0.3 is 23.9 Å². The van der Waals surface area contributed by atoms with Crippen LogP contribution in [0.4, 0.5) is 0 Å². The predicted molar refractivity (Wildman–Crippen MR) is 81.4 cm³/mol. The van der Waals surface area contributed by atoms with E-state index < -0.39 is 35.0 Å². The van der Waals surface area contributed by atoms with E-state index in [1.807, 2.05) is 0 Å². The van der Waals surface area contributed by atoms with Crippen LogP contribution in [0.2, 0.25) is 0 Å². The molecule has 0 spiro atoms. The Morgan fingerprint density at radius 3 is 2.04 bits per heavy atom. The number of unbranched alkanes of at least 4 members (excludes halogenated alkanes) is 1. The monoisotopic (exact) mass is 336 g/mol. The van der Waals surface area contributed by atoms with E-state index in [-0.39, 0.29) is 24.2 Å². The molecule has 0 aliphatic carbocycles. The van der Waals surface area contributed by atoms with Crippen molar-refractivity contribution < 1.29 is 39.2 Å². The number of rotatable bonds is 9. The summed E-state index contributed by atoms with van der Waals surface area (Å²) in [5, 5.41) is 27.5. The molecule has 128 valence electrons. The average Bonchev–Trinajstić information content (AvgIpc) is 2.52.